The molecule has 6 heteroatoms. The van der Waals surface area contributed by atoms with Gasteiger partial charge in [0.2, 0.25) is 5.91 Å². The third-order valence-electron chi connectivity index (χ3n) is 3.40. The minimum atomic E-state index is -1.02. The van der Waals surface area contributed by atoms with Crippen molar-refractivity contribution in [3.8, 4) is 0 Å². The molecule has 6 nitrogen and oxygen atoms in total. The van der Waals surface area contributed by atoms with Crippen LogP contribution in [-0.4, -0.2) is 28.7 Å². The Bertz CT molecular complexity index is 759. The lowest BCUT2D eigenvalue weighted by Gasteiger charge is -2.29. The quantitative estimate of drug-likeness (QED) is 0.581. The summed E-state index contributed by atoms with van der Waals surface area (Å²) in [5.74, 6) is -2.17. The van der Waals surface area contributed by atoms with E-state index < -0.39 is 41.9 Å². The molecule has 0 aliphatic carbocycles. The van der Waals surface area contributed by atoms with Gasteiger partial charge in [-0.2, -0.15) is 0 Å². The van der Waals surface area contributed by atoms with Crippen LogP contribution in [0, 0.1) is 0 Å². The Labute approximate surface area is 119 Å². The fourth-order valence-corrected chi connectivity index (χ4v) is 2.43. The van der Waals surface area contributed by atoms with Crippen LogP contribution in [0.3, 0.4) is 0 Å². The first-order chi connectivity index (χ1) is 10.8. The molecule has 1 aromatic rings. The van der Waals surface area contributed by atoms with E-state index in [1.807, 2.05) is 0 Å². The molecule has 1 aromatic carbocycles. The van der Waals surface area contributed by atoms with Crippen LogP contribution in [0.1, 0.15) is 37.7 Å². The highest BCUT2D eigenvalue weighted by Gasteiger charge is 2.44. The number of piperidine rings is 1. The molecule has 102 valence electrons. The molecule has 20 heavy (non-hydrogen) atoms. The van der Waals surface area contributed by atoms with Crippen LogP contribution >= 0.6 is 0 Å². The Hall–Kier alpha value is -2.63. The molecule has 3 N–H and O–H groups in total. The van der Waals surface area contributed by atoms with E-state index in [2.05, 4.69) is 11.9 Å². The van der Waals surface area contributed by atoms with Gasteiger partial charge in [-0.15, -0.1) is 0 Å². The largest absolute Gasteiger partial charge is 0.398 e. The van der Waals surface area contributed by atoms with E-state index in [-0.39, 0.29) is 23.2 Å². The van der Waals surface area contributed by atoms with Gasteiger partial charge in [0.1, 0.15) is 6.04 Å². The number of hydrogen-bond donors (Lipinski definition) is 2. The summed E-state index contributed by atoms with van der Waals surface area (Å²) >= 11 is 0. The second-order valence-electron chi connectivity index (χ2n) is 4.67. The van der Waals surface area contributed by atoms with E-state index in [1.54, 1.807) is 0 Å². The van der Waals surface area contributed by atoms with Gasteiger partial charge in [0.15, 0.2) is 0 Å². The summed E-state index contributed by atoms with van der Waals surface area (Å²) in [6.07, 6.45) is 0.644. The molecule has 0 bridgehead atoms. The number of allylic oxidation sites excluding steroid dienone is 1. The number of imide groups is 1. The van der Waals surface area contributed by atoms with Crippen molar-refractivity contribution < 1.29 is 18.5 Å². The van der Waals surface area contributed by atoms with Gasteiger partial charge in [0.25, 0.3) is 11.8 Å². The number of nitrogens with one attached hydrogen (secondary N) is 1. The number of anilines is 1. The van der Waals surface area contributed by atoms with Crippen LogP contribution in [0.4, 0.5) is 5.69 Å². The fraction of sp³-hybridized carbons (Fsp3) is 0.214. The van der Waals surface area contributed by atoms with E-state index in [0.29, 0.717) is 12.1 Å². The normalized spacial score (nSPS) is 24.1. The molecule has 3 rings (SSSR count). The number of nitrogen functional groups attached to an aromatic ring is 1. The Morgan fingerprint density at radius 3 is 2.80 bits per heavy atom. The van der Waals surface area contributed by atoms with E-state index in [0.717, 1.165) is 4.90 Å². The maximum absolute atomic E-state index is 12.6. The maximum atomic E-state index is 12.6. The summed E-state index contributed by atoms with van der Waals surface area (Å²) < 4.78 is 23.2. The Kier molecular flexibility index (Phi) is 1.95. The molecule has 3 amide bonds. The van der Waals surface area contributed by atoms with E-state index in [1.165, 1.54) is 0 Å². The molecule has 0 radical (unpaired) electrons. The van der Waals surface area contributed by atoms with Crippen LogP contribution in [0.25, 0.3) is 0 Å². The first kappa shape index (κ1) is 9.30. The van der Waals surface area contributed by atoms with Crippen LogP contribution in [-0.2, 0) is 4.79 Å². The van der Waals surface area contributed by atoms with E-state index in [9.17, 15) is 14.4 Å². The van der Waals surface area contributed by atoms with Gasteiger partial charge in [0.05, 0.1) is 15.2 Å². The highest BCUT2D eigenvalue weighted by Crippen LogP contribution is 2.31. The average molecular weight is 274 g/mol. The van der Waals surface area contributed by atoms with Crippen molar-refractivity contribution in [2.24, 2.45) is 0 Å². The van der Waals surface area contributed by atoms with Crippen LogP contribution in [0.5, 0.6) is 0 Å². The zero-order valence-corrected chi connectivity index (χ0v) is 10.4. The van der Waals surface area contributed by atoms with Gasteiger partial charge in [-0.05, 0) is 24.9 Å². The highest BCUT2D eigenvalue weighted by atomic mass is 16.2. The third kappa shape index (κ3) is 1.61. The second kappa shape index (κ2) is 4.19. The Morgan fingerprint density at radius 2 is 2.10 bits per heavy atom. The molecule has 0 aromatic heterocycles. The molecular formula is C14H13N3O3. The minimum absolute atomic E-state index is 0.227. The number of nitrogens with two attached hydrogens (primary N) is 1. The molecule has 2 aliphatic rings. The van der Waals surface area contributed by atoms with Crippen molar-refractivity contribution in [3.05, 3.63) is 41.5 Å². The zero-order chi connectivity index (χ0) is 17.0. The summed E-state index contributed by atoms with van der Waals surface area (Å²) in [5, 5.41) is 2.49. The fourth-order valence-electron chi connectivity index (χ4n) is 2.43. The van der Waals surface area contributed by atoms with Gasteiger partial charge in [-0.25, -0.2) is 0 Å². The summed E-state index contributed by atoms with van der Waals surface area (Å²) in [6, 6.07) is -2.54. The number of nitrogens with zero attached hydrogens (tertiary/aromatic N) is 1. The van der Waals surface area contributed by atoms with Gasteiger partial charge >= 0.3 is 0 Å². The Balaban J connectivity index is 2.12. The first-order valence-corrected chi connectivity index (χ1v) is 6.01. The number of benzene rings is 1. The minimum Gasteiger partial charge on any atom is -0.398 e. The molecular weight excluding hydrogens is 258 g/mol. The average Bonchev–Trinajstić information content (AvgIpc) is 2.75. The van der Waals surface area contributed by atoms with Gasteiger partial charge in [-0.3, -0.25) is 19.3 Å². The smallest absolute Gasteiger partial charge is 0.264 e. The molecule has 2 heterocycles. The van der Waals surface area contributed by atoms with Crippen molar-refractivity contribution in [2.75, 3.05) is 5.73 Å². The summed E-state index contributed by atoms with van der Waals surface area (Å²) in [5.41, 5.74) is 5.31. The summed E-state index contributed by atoms with van der Waals surface area (Å²) in [4.78, 5) is 37.9. The van der Waals surface area contributed by atoms with Crippen molar-refractivity contribution in [1.29, 1.82) is 0 Å². The predicted octanol–water partition coefficient (Wildman–Crippen LogP) is 0.657. The monoisotopic (exact) mass is 274 g/mol. The molecule has 1 fully saturated rings. The third-order valence-corrected chi connectivity index (χ3v) is 3.40. The lowest BCUT2D eigenvalue weighted by molar-refractivity contribution is -0.125. The first-order valence-electron chi connectivity index (χ1n) is 7.51. The number of fused-ring (bicyclic) bond motifs is 1. The molecule has 0 saturated carbocycles. The van der Waals surface area contributed by atoms with Gasteiger partial charge in [0, 0.05) is 11.4 Å². The lowest BCUT2D eigenvalue weighted by atomic mass is 10.0. The molecule has 1 saturated heterocycles. The number of hydrogen-bond acceptors (Lipinski definition) is 4. The number of carbonyl (C=O) groups excluding carboxylic acids is 3. The topological polar surface area (TPSA) is 92.5 Å². The predicted molar refractivity (Wildman–Crippen MR) is 71.7 cm³/mol. The molecule has 1 unspecified atom stereocenters. The standard InChI is InChI=1S/C14H13N3O3/c1-7-5-6-10(12(18)16-7)17-13(19)8-3-2-4-9(15)11(8)14(17)20/h2-4,10H,1,5-6,15H2,(H,16,18)/i2D,3D,4D. The van der Waals surface area contributed by atoms with Gasteiger partial charge in [-0.1, -0.05) is 12.6 Å². The highest BCUT2D eigenvalue weighted by molar-refractivity contribution is 6.25. The number of amides is 3. The zero-order valence-electron chi connectivity index (χ0n) is 13.4. The number of rotatable bonds is 1. The molecule has 2 aliphatic heterocycles. The SMILES string of the molecule is [2H]c1c([2H])c(N)c2c(c1[2H])C(=O)N(C1CCC(=C)NC1=O)C2=O. The van der Waals surface area contributed by atoms with Crippen molar-refractivity contribution in [3.63, 3.8) is 0 Å². The van der Waals surface area contributed by atoms with Crippen molar-refractivity contribution in [2.45, 2.75) is 18.9 Å². The maximum Gasteiger partial charge on any atom is 0.264 e. The van der Waals surface area contributed by atoms with Crippen LogP contribution < -0.4 is 11.1 Å². The van der Waals surface area contributed by atoms with Gasteiger partial charge < -0.3 is 11.1 Å². The van der Waals surface area contributed by atoms with Crippen LogP contribution in [0.2, 0.25) is 0 Å². The Morgan fingerprint density at radius 1 is 1.35 bits per heavy atom. The molecule has 1 atom stereocenters. The second-order valence-corrected chi connectivity index (χ2v) is 4.67. The summed E-state index contributed by atoms with van der Waals surface area (Å²) in [6.45, 7) is 3.63. The lowest BCUT2D eigenvalue weighted by Crippen LogP contribution is -2.51. The number of carbonyl (C=O) groups is 3. The molecule has 0 spiro atoms. The van der Waals surface area contributed by atoms with Crippen molar-refractivity contribution in [1.82, 2.24) is 10.2 Å². The van der Waals surface area contributed by atoms with Crippen LogP contribution in [0.15, 0.2) is 30.4 Å². The van der Waals surface area contributed by atoms with Crippen molar-refractivity contribution >= 4 is 23.4 Å². The van der Waals surface area contributed by atoms with E-state index in [4.69, 9.17) is 9.85 Å². The van der Waals surface area contributed by atoms with E-state index >= 15 is 0 Å². The summed E-state index contributed by atoms with van der Waals surface area (Å²) in [7, 11) is 0.